The SMILES string of the molecule is NC1(CC(=O)O)CC2CCC(C2)C1. The molecule has 0 aromatic rings. The Morgan fingerprint density at radius 1 is 1.38 bits per heavy atom. The molecule has 0 aromatic heterocycles. The lowest BCUT2D eigenvalue weighted by atomic mass is 9.74. The van der Waals surface area contributed by atoms with Crippen molar-refractivity contribution in [3.8, 4) is 0 Å². The molecular weight excluding hydrogens is 166 g/mol. The van der Waals surface area contributed by atoms with Gasteiger partial charge in [0.25, 0.3) is 0 Å². The van der Waals surface area contributed by atoms with E-state index < -0.39 is 11.5 Å². The third kappa shape index (κ3) is 1.85. The molecule has 2 fully saturated rings. The minimum atomic E-state index is -0.746. The lowest BCUT2D eigenvalue weighted by Crippen LogP contribution is -2.46. The normalized spacial score (nSPS) is 43.5. The fourth-order valence-electron chi connectivity index (χ4n) is 3.23. The molecule has 0 aliphatic heterocycles. The quantitative estimate of drug-likeness (QED) is 0.679. The first-order valence-electron chi connectivity index (χ1n) is 5.08. The molecular formula is C10H17NO2. The third-order valence-electron chi connectivity index (χ3n) is 3.54. The number of hydrogen-bond donors (Lipinski definition) is 2. The van der Waals surface area contributed by atoms with Crippen molar-refractivity contribution >= 4 is 5.97 Å². The molecule has 3 N–H and O–H groups in total. The molecule has 2 aliphatic rings. The van der Waals surface area contributed by atoms with E-state index in [1.165, 1.54) is 19.3 Å². The van der Waals surface area contributed by atoms with Gasteiger partial charge in [-0.25, -0.2) is 0 Å². The number of rotatable bonds is 2. The second-order valence-electron chi connectivity index (χ2n) is 4.89. The molecule has 0 aromatic carbocycles. The zero-order chi connectivity index (χ0) is 9.47. The molecule has 2 aliphatic carbocycles. The van der Waals surface area contributed by atoms with Gasteiger partial charge in [-0.3, -0.25) is 4.79 Å². The van der Waals surface area contributed by atoms with Crippen molar-refractivity contribution in [3.05, 3.63) is 0 Å². The Morgan fingerprint density at radius 3 is 2.38 bits per heavy atom. The van der Waals surface area contributed by atoms with E-state index in [4.69, 9.17) is 10.8 Å². The zero-order valence-electron chi connectivity index (χ0n) is 7.83. The van der Waals surface area contributed by atoms with Crippen LogP contribution in [0.2, 0.25) is 0 Å². The van der Waals surface area contributed by atoms with Crippen molar-refractivity contribution in [2.24, 2.45) is 17.6 Å². The van der Waals surface area contributed by atoms with E-state index in [0.29, 0.717) is 11.8 Å². The molecule has 2 unspecified atom stereocenters. The summed E-state index contributed by atoms with van der Waals surface area (Å²) < 4.78 is 0. The van der Waals surface area contributed by atoms with Crippen LogP contribution >= 0.6 is 0 Å². The van der Waals surface area contributed by atoms with E-state index in [2.05, 4.69) is 0 Å². The van der Waals surface area contributed by atoms with Crippen molar-refractivity contribution < 1.29 is 9.90 Å². The minimum absolute atomic E-state index is 0.153. The summed E-state index contributed by atoms with van der Waals surface area (Å²) in [5.41, 5.74) is 5.71. The highest BCUT2D eigenvalue weighted by Gasteiger charge is 2.42. The van der Waals surface area contributed by atoms with Crippen molar-refractivity contribution in [2.75, 3.05) is 0 Å². The van der Waals surface area contributed by atoms with Crippen LogP contribution in [0.1, 0.15) is 38.5 Å². The highest BCUT2D eigenvalue weighted by atomic mass is 16.4. The molecule has 2 bridgehead atoms. The van der Waals surface area contributed by atoms with E-state index >= 15 is 0 Å². The standard InChI is InChI=1S/C10H17NO2/c11-10(6-9(12)13)4-7-1-2-8(3-7)5-10/h7-8H,1-6,11H2,(H,12,13). The van der Waals surface area contributed by atoms with Gasteiger partial charge in [0.15, 0.2) is 0 Å². The smallest absolute Gasteiger partial charge is 0.305 e. The molecule has 0 radical (unpaired) electrons. The van der Waals surface area contributed by atoms with Crippen LogP contribution in [0, 0.1) is 11.8 Å². The Labute approximate surface area is 78.3 Å². The van der Waals surface area contributed by atoms with Gasteiger partial charge < -0.3 is 10.8 Å². The van der Waals surface area contributed by atoms with Gasteiger partial charge in [-0.1, -0.05) is 12.8 Å². The van der Waals surface area contributed by atoms with Crippen molar-refractivity contribution in [2.45, 2.75) is 44.1 Å². The predicted molar refractivity (Wildman–Crippen MR) is 49.2 cm³/mol. The summed E-state index contributed by atoms with van der Waals surface area (Å²) in [6.07, 6.45) is 5.83. The Balaban J connectivity index is 2.03. The molecule has 2 saturated carbocycles. The summed E-state index contributed by atoms with van der Waals surface area (Å²) in [5, 5.41) is 8.74. The molecule has 74 valence electrons. The molecule has 0 saturated heterocycles. The fourth-order valence-corrected chi connectivity index (χ4v) is 3.23. The maximum atomic E-state index is 10.6. The average Bonchev–Trinajstić information content (AvgIpc) is 2.27. The molecule has 3 heteroatoms. The lowest BCUT2D eigenvalue weighted by molar-refractivity contribution is -0.138. The maximum Gasteiger partial charge on any atom is 0.305 e. The fraction of sp³-hybridized carbons (Fsp3) is 0.900. The Bertz CT molecular complexity index is 215. The van der Waals surface area contributed by atoms with Crippen LogP contribution in [0.4, 0.5) is 0 Å². The van der Waals surface area contributed by atoms with E-state index in [9.17, 15) is 4.79 Å². The number of aliphatic carboxylic acids is 1. The maximum absolute atomic E-state index is 10.6. The monoisotopic (exact) mass is 183 g/mol. The molecule has 13 heavy (non-hydrogen) atoms. The number of fused-ring (bicyclic) bond motifs is 2. The highest BCUT2D eigenvalue weighted by molar-refractivity contribution is 5.68. The van der Waals surface area contributed by atoms with Crippen molar-refractivity contribution in [3.63, 3.8) is 0 Å². The number of nitrogens with two attached hydrogens (primary N) is 1. The molecule has 3 nitrogen and oxygen atoms in total. The average molecular weight is 183 g/mol. The van der Waals surface area contributed by atoms with Crippen LogP contribution in [0.3, 0.4) is 0 Å². The molecule has 2 rings (SSSR count). The summed E-state index contributed by atoms with van der Waals surface area (Å²) in [4.78, 5) is 10.6. The van der Waals surface area contributed by atoms with E-state index in [1.807, 2.05) is 0 Å². The molecule has 0 amide bonds. The Kier molecular flexibility index (Phi) is 2.06. The van der Waals surface area contributed by atoms with E-state index in [1.54, 1.807) is 0 Å². The second-order valence-corrected chi connectivity index (χ2v) is 4.89. The summed E-state index contributed by atoms with van der Waals surface area (Å²) >= 11 is 0. The van der Waals surface area contributed by atoms with Crippen LogP contribution < -0.4 is 5.73 Å². The van der Waals surface area contributed by atoms with Gasteiger partial charge in [-0.15, -0.1) is 0 Å². The first-order chi connectivity index (χ1) is 6.07. The second kappa shape index (κ2) is 2.98. The van der Waals surface area contributed by atoms with Gasteiger partial charge in [-0.05, 0) is 31.1 Å². The molecule has 0 heterocycles. The number of carbonyl (C=O) groups is 1. The van der Waals surface area contributed by atoms with Gasteiger partial charge in [0, 0.05) is 5.54 Å². The number of carboxylic acid groups (broad SMARTS) is 1. The Hall–Kier alpha value is -0.570. The lowest BCUT2D eigenvalue weighted by Gasteiger charge is -2.36. The van der Waals surface area contributed by atoms with E-state index in [-0.39, 0.29) is 6.42 Å². The van der Waals surface area contributed by atoms with Gasteiger partial charge in [-0.2, -0.15) is 0 Å². The van der Waals surface area contributed by atoms with Gasteiger partial charge in [0.2, 0.25) is 0 Å². The van der Waals surface area contributed by atoms with Crippen molar-refractivity contribution in [1.82, 2.24) is 0 Å². The van der Waals surface area contributed by atoms with Crippen LogP contribution in [-0.4, -0.2) is 16.6 Å². The Morgan fingerprint density at radius 2 is 1.92 bits per heavy atom. The van der Waals surface area contributed by atoms with Gasteiger partial charge in [0.05, 0.1) is 6.42 Å². The minimum Gasteiger partial charge on any atom is -0.481 e. The molecule has 0 spiro atoms. The van der Waals surface area contributed by atoms with Crippen LogP contribution in [0.5, 0.6) is 0 Å². The van der Waals surface area contributed by atoms with Crippen LogP contribution in [0.15, 0.2) is 0 Å². The number of carboxylic acids is 1. The predicted octanol–water partition coefficient (Wildman–Crippen LogP) is 1.37. The first-order valence-corrected chi connectivity index (χ1v) is 5.08. The molecule has 2 atom stereocenters. The van der Waals surface area contributed by atoms with E-state index in [0.717, 1.165) is 12.8 Å². The summed E-state index contributed by atoms with van der Waals surface area (Å²) in [7, 11) is 0. The largest absolute Gasteiger partial charge is 0.481 e. The summed E-state index contributed by atoms with van der Waals surface area (Å²) in [6, 6.07) is 0. The van der Waals surface area contributed by atoms with Gasteiger partial charge in [0.1, 0.15) is 0 Å². The topological polar surface area (TPSA) is 63.3 Å². The third-order valence-corrected chi connectivity index (χ3v) is 3.54. The highest BCUT2D eigenvalue weighted by Crippen LogP contribution is 2.46. The van der Waals surface area contributed by atoms with Crippen LogP contribution in [0.25, 0.3) is 0 Å². The van der Waals surface area contributed by atoms with Gasteiger partial charge >= 0.3 is 5.97 Å². The summed E-state index contributed by atoms with van der Waals surface area (Å²) in [5.74, 6) is 0.676. The first kappa shape index (κ1) is 9.00. The van der Waals surface area contributed by atoms with Crippen LogP contribution in [-0.2, 0) is 4.79 Å². The van der Waals surface area contributed by atoms with Crippen molar-refractivity contribution in [1.29, 1.82) is 0 Å². The zero-order valence-corrected chi connectivity index (χ0v) is 7.83. The summed E-state index contributed by atoms with van der Waals surface area (Å²) in [6.45, 7) is 0. The number of hydrogen-bond acceptors (Lipinski definition) is 2.